The van der Waals surface area contributed by atoms with E-state index in [-0.39, 0.29) is 5.97 Å². The van der Waals surface area contributed by atoms with Crippen LogP contribution in [-0.4, -0.2) is 38.9 Å². The number of rotatable bonds is 7. The minimum atomic E-state index is -0.0947. The van der Waals surface area contributed by atoms with Crippen molar-refractivity contribution in [2.75, 3.05) is 32.9 Å². The molecule has 0 aromatic rings. The van der Waals surface area contributed by atoms with E-state index in [2.05, 4.69) is 12.2 Å². The maximum atomic E-state index is 11.6. The van der Waals surface area contributed by atoms with Crippen LogP contribution in [0.15, 0.2) is 0 Å². The second-order valence-electron chi connectivity index (χ2n) is 4.71. The van der Waals surface area contributed by atoms with E-state index >= 15 is 0 Å². The second kappa shape index (κ2) is 8.48. The Labute approximate surface area is 104 Å². The molecule has 2 unspecified atom stereocenters. The molecule has 0 aliphatic carbocycles. The fraction of sp³-hybridized carbons (Fsp3) is 0.923. The van der Waals surface area contributed by atoms with Gasteiger partial charge in [0.25, 0.3) is 0 Å². The van der Waals surface area contributed by atoms with Crippen molar-refractivity contribution in [2.45, 2.75) is 33.1 Å². The van der Waals surface area contributed by atoms with Gasteiger partial charge in [-0.2, -0.15) is 0 Å². The maximum Gasteiger partial charge on any atom is 0.306 e. The van der Waals surface area contributed by atoms with Gasteiger partial charge in [-0.05, 0) is 44.7 Å². The van der Waals surface area contributed by atoms with Gasteiger partial charge in [0.2, 0.25) is 0 Å². The van der Waals surface area contributed by atoms with Gasteiger partial charge in [-0.15, -0.1) is 0 Å². The number of carbonyl (C=O) groups is 1. The monoisotopic (exact) mass is 243 g/mol. The van der Waals surface area contributed by atoms with Crippen LogP contribution in [-0.2, 0) is 14.3 Å². The summed E-state index contributed by atoms with van der Waals surface area (Å²) >= 11 is 0. The van der Waals surface area contributed by atoms with Gasteiger partial charge >= 0.3 is 5.97 Å². The van der Waals surface area contributed by atoms with Crippen molar-refractivity contribution < 1.29 is 14.3 Å². The molecule has 1 saturated heterocycles. The van der Waals surface area contributed by atoms with Crippen LogP contribution in [0.2, 0.25) is 0 Å². The summed E-state index contributed by atoms with van der Waals surface area (Å²) in [5.41, 5.74) is 0. The molecule has 1 heterocycles. The summed E-state index contributed by atoms with van der Waals surface area (Å²) in [6, 6.07) is 0. The topological polar surface area (TPSA) is 47.6 Å². The van der Waals surface area contributed by atoms with E-state index in [9.17, 15) is 4.79 Å². The van der Waals surface area contributed by atoms with E-state index in [1.807, 2.05) is 6.92 Å². The van der Waals surface area contributed by atoms with E-state index < -0.39 is 0 Å². The lowest BCUT2D eigenvalue weighted by atomic mass is 9.85. The normalized spacial score (nSPS) is 22.1. The molecule has 0 aromatic carbocycles. The van der Waals surface area contributed by atoms with Gasteiger partial charge in [-0.25, -0.2) is 0 Å². The van der Waals surface area contributed by atoms with Crippen molar-refractivity contribution >= 4 is 5.97 Å². The molecule has 0 bridgehead atoms. The lowest BCUT2D eigenvalue weighted by Gasteiger charge is -2.27. The largest absolute Gasteiger partial charge is 0.463 e. The van der Waals surface area contributed by atoms with Crippen molar-refractivity contribution in [1.29, 1.82) is 0 Å². The van der Waals surface area contributed by atoms with E-state index in [1.165, 1.54) is 12.8 Å². The maximum absolute atomic E-state index is 11.6. The zero-order valence-electron chi connectivity index (χ0n) is 11.0. The molecule has 0 radical (unpaired) electrons. The number of ether oxygens (including phenoxy) is 2. The summed E-state index contributed by atoms with van der Waals surface area (Å²) in [5, 5.41) is 3.38. The highest BCUT2D eigenvalue weighted by molar-refractivity contribution is 5.69. The highest BCUT2D eigenvalue weighted by Gasteiger charge is 2.22. The molecule has 2 atom stereocenters. The zero-order valence-corrected chi connectivity index (χ0v) is 11.0. The van der Waals surface area contributed by atoms with E-state index in [0.29, 0.717) is 38.1 Å². The molecule has 0 saturated carbocycles. The quantitative estimate of drug-likeness (QED) is 0.545. The number of nitrogens with one attached hydrogen (secondary N) is 1. The molecule has 4 heteroatoms. The SMILES string of the molecule is CCOCCOC(=O)CC(C)C1CCCNC1. The van der Waals surface area contributed by atoms with Crippen LogP contribution in [0, 0.1) is 11.8 Å². The molecule has 0 amide bonds. The molecular formula is C13H25NO3. The third-order valence-corrected chi connectivity index (χ3v) is 3.32. The van der Waals surface area contributed by atoms with E-state index in [1.54, 1.807) is 0 Å². The van der Waals surface area contributed by atoms with Gasteiger partial charge in [0.05, 0.1) is 6.61 Å². The Morgan fingerprint density at radius 3 is 2.94 bits per heavy atom. The Morgan fingerprint density at radius 1 is 1.47 bits per heavy atom. The van der Waals surface area contributed by atoms with Crippen molar-refractivity contribution in [3.05, 3.63) is 0 Å². The van der Waals surface area contributed by atoms with Gasteiger partial charge in [-0.1, -0.05) is 6.92 Å². The highest BCUT2D eigenvalue weighted by Crippen LogP contribution is 2.22. The van der Waals surface area contributed by atoms with Crippen molar-refractivity contribution in [1.82, 2.24) is 5.32 Å². The first-order chi connectivity index (χ1) is 8.24. The molecule has 100 valence electrons. The fourth-order valence-corrected chi connectivity index (χ4v) is 2.21. The van der Waals surface area contributed by atoms with Gasteiger partial charge < -0.3 is 14.8 Å². The van der Waals surface area contributed by atoms with Crippen molar-refractivity contribution in [3.8, 4) is 0 Å². The Kier molecular flexibility index (Phi) is 7.21. The van der Waals surface area contributed by atoms with E-state index in [4.69, 9.17) is 9.47 Å². The lowest BCUT2D eigenvalue weighted by Crippen LogP contribution is -2.34. The van der Waals surface area contributed by atoms with Crippen LogP contribution in [0.25, 0.3) is 0 Å². The number of hydrogen-bond donors (Lipinski definition) is 1. The zero-order chi connectivity index (χ0) is 12.5. The van der Waals surface area contributed by atoms with Crippen LogP contribution < -0.4 is 5.32 Å². The standard InChI is InChI=1S/C13H25NO3/c1-3-16-7-8-17-13(15)9-11(2)12-5-4-6-14-10-12/h11-12,14H,3-10H2,1-2H3. The molecule has 4 nitrogen and oxygen atoms in total. The van der Waals surface area contributed by atoms with Crippen LogP contribution in [0.3, 0.4) is 0 Å². The van der Waals surface area contributed by atoms with Crippen LogP contribution >= 0.6 is 0 Å². The Bertz CT molecular complexity index is 215. The number of carbonyl (C=O) groups excluding carboxylic acids is 1. The minimum Gasteiger partial charge on any atom is -0.463 e. The molecular weight excluding hydrogens is 218 g/mol. The van der Waals surface area contributed by atoms with Crippen molar-refractivity contribution in [3.63, 3.8) is 0 Å². The van der Waals surface area contributed by atoms with Gasteiger partial charge in [0.1, 0.15) is 6.61 Å². The summed E-state index contributed by atoms with van der Waals surface area (Å²) in [6.45, 7) is 7.77. The molecule has 1 aliphatic rings. The minimum absolute atomic E-state index is 0.0947. The number of hydrogen-bond acceptors (Lipinski definition) is 4. The first-order valence-corrected chi connectivity index (χ1v) is 6.68. The molecule has 1 rings (SSSR count). The summed E-state index contributed by atoms with van der Waals surface area (Å²) in [7, 11) is 0. The Morgan fingerprint density at radius 2 is 2.29 bits per heavy atom. The second-order valence-corrected chi connectivity index (χ2v) is 4.71. The van der Waals surface area contributed by atoms with Gasteiger partial charge in [0, 0.05) is 13.0 Å². The molecule has 1 aliphatic heterocycles. The van der Waals surface area contributed by atoms with Crippen LogP contribution in [0.4, 0.5) is 0 Å². The molecule has 17 heavy (non-hydrogen) atoms. The molecule has 0 spiro atoms. The first kappa shape index (κ1) is 14.5. The number of piperidine rings is 1. The van der Waals surface area contributed by atoms with Crippen molar-refractivity contribution in [2.24, 2.45) is 11.8 Å². The lowest BCUT2D eigenvalue weighted by molar-refractivity contribution is -0.146. The first-order valence-electron chi connectivity index (χ1n) is 6.68. The van der Waals surface area contributed by atoms with Gasteiger partial charge in [0.15, 0.2) is 0 Å². The highest BCUT2D eigenvalue weighted by atomic mass is 16.6. The summed E-state index contributed by atoms with van der Waals surface area (Å²) in [5.74, 6) is 0.924. The summed E-state index contributed by atoms with van der Waals surface area (Å²) in [6.07, 6.45) is 2.97. The third-order valence-electron chi connectivity index (χ3n) is 3.32. The predicted molar refractivity (Wildman–Crippen MR) is 66.8 cm³/mol. The van der Waals surface area contributed by atoms with Gasteiger partial charge in [-0.3, -0.25) is 4.79 Å². The molecule has 1 fully saturated rings. The Hall–Kier alpha value is -0.610. The average Bonchev–Trinajstić information content (AvgIpc) is 2.36. The number of esters is 1. The van der Waals surface area contributed by atoms with Crippen LogP contribution in [0.1, 0.15) is 33.1 Å². The summed E-state index contributed by atoms with van der Waals surface area (Å²) in [4.78, 5) is 11.6. The Balaban J connectivity index is 2.11. The fourth-order valence-electron chi connectivity index (χ4n) is 2.21. The predicted octanol–water partition coefficient (Wildman–Crippen LogP) is 1.59. The van der Waals surface area contributed by atoms with Crippen LogP contribution in [0.5, 0.6) is 0 Å². The summed E-state index contributed by atoms with van der Waals surface area (Å²) < 4.78 is 10.2. The smallest absolute Gasteiger partial charge is 0.306 e. The molecule has 1 N–H and O–H groups in total. The average molecular weight is 243 g/mol. The van der Waals surface area contributed by atoms with E-state index in [0.717, 1.165) is 13.1 Å². The third kappa shape index (κ3) is 6.03. The molecule has 0 aromatic heterocycles.